The number of carbonyl (C=O) groups is 1. The van der Waals surface area contributed by atoms with Gasteiger partial charge in [-0.15, -0.1) is 11.3 Å². The number of aromatic nitrogens is 2. The number of pyridine rings is 1. The lowest BCUT2D eigenvalue weighted by atomic mass is 10.0. The Hall–Kier alpha value is -3.45. The van der Waals surface area contributed by atoms with Crippen molar-refractivity contribution >= 4 is 28.1 Å². The van der Waals surface area contributed by atoms with Crippen LogP contribution in [0.5, 0.6) is 11.5 Å². The van der Waals surface area contributed by atoms with Crippen molar-refractivity contribution < 1.29 is 14.3 Å². The number of para-hydroxylation sites is 1. The fourth-order valence-corrected chi connectivity index (χ4v) is 4.32. The lowest BCUT2D eigenvalue weighted by molar-refractivity contribution is 0.0953. The van der Waals surface area contributed by atoms with Gasteiger partial charge >= 0.3 is 0 Å². The molecule has 31 heavy (non-hydrogen) atoms. The predicted molar refractivity (Wildman–Crippen MR) is 121 cm³/mol. The third-order valence-electron chi connectivity index (χ3n) is 5.24. The summed E-state index contributed by atoms with van der Waals surface area (Å²) in [5.74, 6) is 1.45. The summed E-state index contributed by atoms with van der Waals surface area (Å²) in [5, 5.41) is 6.84. The van der Waals surface area contributed by atoms with Gasteiger partial charge in [-0.05, 0) is 30.3 Å². The monoisotopic (exact) mass is 431 g/mol. The molecule has 0 fully saturated rings. The van der Waals surface area contributed by atoms with E-state index in [4.69, 9.17) is 14.5 Å². The molecule has 1 N–H and O–H groups in total. The predicted octanol–water partition coefficient (Wildman–Crippen LogP) is 4.66. The minimum atomic E-state index is -0.124. The van der Waals surface area contributed by atoms with E-state index in [1.165, 1.54) is 0 Å². The standard InChI is InChI=1S/C24H21N3O3S/c1-15(24-25-8-11-31-24)14-26-23(28)18-13-20(27-19-5-3-2-4-17(18)19)16-6-7-21-22(12-16)30-10-9-29-21/h2-8,11-13,15H,9-10,14H2,1H3,(H,26,28). The number of hydrogen-bond acceptors (Lipinski definition) is 6. The van der Waals surface area contributed by atoms with Gasteiger partial charge in [0.05, 0.1) is 21.8 Å². The summed E-state index contributed by atoms with van der Waals surface area (Å²) < 4.78 is 11.3. The number of benzene rings is 2. The number of ether oxygens (including phenoxy) is 2. The molecule has 0 bridgehead atoms. The van der Waals surface area contributed by atoms with E-state index in [9.17, 15) is 4.79 Å². The molecule has 1 atom stereocenters. The first-order valence-corrected chi connectivity index (χ1v) is 11.0. The number of nitrogens with zero attached hydrogens (tertiary/aromatic N) is 2. The van der Waals surface area contributed by atoms with Gasteiger partial charge in [0.25, 0.3) is 5.91 Å². The van der Waals surface area contributed by atoms with Crippen LogP contribution in [0.1, 0.15) is 28.2 Å². The highest BCUT2D eigenvalue weighted by Gasteiger charge is 2.18. The first-order chi connectivity index (χ1) is 15.2. The molecule has 1 aliphatic rings. The quantitative estimate of drug-likeness (QED) is 0.497. The molecule has 7 heteroatoms. The Bertz CT molecular complexity index is 1240. The second kappa shape index (κ2) is 8.35. The van der Waals surface area contributed by atoms with Gasteiger partial charge in [0.15, 0.2) is 11.5 Å². The molecule has 1 unspecified atom stereocenters. The van der Waals surface area contributed by atoms with Gasteiger partial charge in [0.1, 0.15) is 13.2 Å². The van der Waals surface area contributed by atoms with Crippen LogP contribution < -0.4 is 14.8 Å². The molecular formula is C24H21N3O3S. The van der Waals surface area contributed by atoms with Crippen LogP contribution in [0.2, 0.25) is 0 Å². The molecule has 6 nitrogen and oxygen atoms in total. The van der Waals surface area contributed by atoms with Crippen molar-refractivity contribution in [3.63, 3.8) is 0 Å². The average molecular weight is 432 g/mol. The van der Waals surface area contributed by atoms with Gasteiger partial charge in [-0.2, -0.15) is 0 Å². The van der Waals surface area contributed by atoms with Crippen molar-refractivity contribution in [3.05, 3.63) is 70.7 Å². The Kier molecular flexibility index (Phi) is 5.26. The molecule has 1 aliphatic heterocycles. The van der Waals surface area contributed by atoms with Crippen molar-refractivity contribution in [1.29, 1.82) is 0 Å². The highest BCUT2D eigenvalue weighted by atomic mass is 32.1. The molecule has 2 aromatic heterocycles. The summed E-state index contributed by atoms with van der Waals surface area (Å²) in [4.78, 5) is 22.3. The first kappa shape index (κ1) is 19.5. The molecule has 156 valence electrons. The van der Waals surface area contributed by atoms with E-state index in [-0.39, 0.29) is 11.8 Å². The molecular weight excluding hydrogens is 410 g/mol. The van der Waals surface area contributed by atoms with Crippen LogP contribution in [-0.2, 0) is 0 Å². The summed E-state index contributed by atoms with van der Waals surface area (Å²) in [5.41, 5.74) is 2.96. The molecule has 2 aromatic carbocycles. The molecule has 5 rings (SSSR count). The molecule has 1 amide bonds. The van der Waals surface area contributed by atoms with Crippen molar-refractivity contribution in [1.82, 2.24) is 15.3 Å². The van der Waals surface area contributed by atoms with Gasteiger partial charge in [0.2, 0.25) is 0 Å². The van der Waals surface area contributed by atoms with Crippen molar-refractivity contribution in [2.45, 2.75) is 12.8 Å². The van der Waals surface area contributed by atoms with E-state index in [0.29, 0.717) is 36.8 Å². The van der Waals surface area contributed by atoms with Crippen molar-refractivity contribution in [3.8, 4) is 22.8 Å². The van der Waals surface area contributed by atoms with Gasteiger partial charge in [0, 0.05) is 35.0 Å². The zero-order chi connectivity index (χ0) is 21.2. The lowest BCUT2D eigenvalue weighted by Crippen LogP contribution is -2.27. The van der Waals surface area contributed by atoms with E-state index in [2.05, 4.69) is 17.2 Å². The SMILES string of the molecule is CC(CNC(=O)c1cc(-c2ccc3c(c2)OCCO3)nc2ccccc12)c1nccs1. The number of hydrogen-bond donors (Lipinski definition) is 1. The molecule has 0 aliphatic carbocycles. The Labute approximate surface area is 183 Å². The van der Waals surface area contributed by atoms with Crippen molar-refractivity contribution in [2.75, 3.05) is 19.8 Å². The second-order valence-electron chi connectivity index (χ2n) is 7.41. The van der Waals surface area contributed by atoms with E-state index < -0.39 is 0 Å². The zero-order valence-corrected chi connectivity index (χ0v) is 17.8. The highest BCUT2D eigenvalue weighted by molar-refractivity contribution is 7.09. The number of thiazole rings is 1. The van der Waals surface area contributed by atoms with E-state index in [0.717, 1.165) is 27.2 Å². The summed E-state index contributed by atoms with van der Waals surface area (Å²) >= 11 is 1.60. The second-order valence-corrected chi connectivity index (χ2v) is 8.34. The molecule has 3 heterocycles. The Morgan fingerprint density at radius 2 is 1.97 bits per heavy atom. The zero-order valence-electron chi connectivity index (χ0n) is 17.0. The normalized spacial score (nSPS) is 13.7. The van der Waals surface area contributed by atoms with Gasteiger partial charge in [-0.25, -0.2) is 9.97 Å². The maximum atomic E-state index is 13.1. The minimum absolute atomic E-state index is 0.124. The number of carbonyl (C=O) groups excluding carboxylic acids is 1. The topological polar surface area (TPSA) is 73.3 Å². The third kappa shape index (κ3) is 3.96. The van der Waals surface area contributed by atoms with Gasteiger partial charge in [-0.3, -0.25) is 4.79 Å². The first-order valence-electron chi connectivity index (χ1n) is 10.2. The maximum Gasteiger partial charge on any atom is 0.252 e. The van der Waals surface area contributed by atoms with Crippen LogP contribution in [0.25, 0.3) is 22.2 Å². The molecule has 0 spiro atoms. The van der Waals surface area contributed by atoms with Crippen LogP contribution in [0, 0.1) is 0 Å². The number of fused-ring (bicyclic) bond motifs is 2. The summed E-state index contributed by atoms with van der Waals surface area (Å²) in [6.07, 6.45) is 1.79. The molecule has 4 aromatic rings. The Morgan fingerprint density at radius 1 is 1.13 bits per heavy atom. The summed E-state index contributed by atoms with van der Waals surface area (Å²) in [6, 6.07) is 15.3. The third-order valence-corrected chi connectivity index (χ3v) is 6.25. The average Bonchev–Trinajstić information content (AvgIpc) is 3.36. The van der Waals surface area contributed by atoms with Crippen LogP contribution in [-0.4, -0.2) is 35.6 Å². The highest BCUT2D eigenvalue weighted by Crippen LogP contribution is 2.35. The van der Waals surface area contributed by atoms with Gasteiger partial charge < -0.3 is 14.8 Å². The molecule has 0 saturated carbocycles. The Balaban J connectivity index is 1.48. The number of nitrogens with one attached hydrogen (secondary N) is 1. The smallest absolute Gasteiger partial charge is 0.252 e. The largest absolute Gasteiger partial charge is 0.486 e. The summed E-state index contributed by atoms with van der Waals surface area (Å²) in [6.45, 7) is 3.64. The maximum absolute atomic E-state index is 13.1. The Morgan fingerprint density at radius 3 is 2.81 bits per heavy atom. The molecule has 0 radical (unpaired) electrons. The van der Waals surface area contributed by atoms with Gasteiger partial charge in [-0.1, -0.05) is 25.1 Å². The van der Waals surface area contributed by atoms with Crippen LogP contribution >= 0.6 is 11.3 Å². The fraction of sp³-hybridized carbons (Fsp3) is 0.208. The van der Waals surface area contributed by atoms with E-state index >= 15 is 0 Å². The van der Waals surface area contributed by atoms with Crippen LogP contribution in [0.15, 0.2) is 60.1 Å². The van der Waals surface area contributed by atoms with E-state index in [1.807, 2.05) is 53.9 Å². The fourth-order valence-electron chi connectivity index (χ4n) is 3.62. The van der Waals surface area contributed by atoms with Crippen LogP contribution in [0.4, 0.5) is 0 Å². The van der Waals surface area contributed by atoms with E-state index in [1.54, 1.807) is 17.5 Å². The number of amides is 1. The summed E-state index contributed by atoms with van der Waals surface area (Å²) in [7, 11) is 0. The number of rotatable bonds is 5. The lowest BCUT2D eigenvalue weighted by Gasteiger charge is -2.19. The molecule has 0 saturated heterocycles. The minimum Gasteiger partial charge on any atom is -0.486 e. The van der Waals surface area contributed by atoms with Crippen LogP contribution in [0.3, 0.4) is 0 Å². The van der Waals surface area contributed by atoms with Crippen molar-refractivity contribution in [2.24, 2.45) is 0 Å².